The molecule has 0 aliphatic heterocycles. The van der Waals surface area contributed by atoms with Crippen LogP contribution in [-0.2, 0) is 32.3 Å². The van der Waals surface area contributed by atoms with E-state index in [0.29, 0.717) is 37.4 Å². The largest absolute Gasteiger partial charge is 0.350 e. The van der Waals surface area contributed by atoms with Crippen LogP contribution in [0.2, 0.25) is 0 Å². The Bertz CT molecular complexity index is 784. The van der Waals surface area contributed by atoms with Crippen molar-refractivity contribution < 1.29 is 19.2 Å². The van der Waals surface area contributed by atoms with E-state index < -0.39 is 12.1 Å². The summed E-state index contributed by atoms with van der Waals surface area (Å²) in [5.41, 5.74) is 1.91. The molecule has 10 heteroatoms. The Morgan fingerprint density at radius 2 is 1.06 bits per heavy atom. The Morgan fingerprint density at radius 3 is 1.41 bits per heavy atom. The SMILES string of the molecule is O=CNC(CSSCC(NC=O)C(=O)NCc1ccccc1)C(=O)NCc1ccccc1. The average Bonchev–Trinajstić information content (AvgIpc) is 2.83. The van der Waals surface area contributed by atoms with E-state index >= 15 is 0 Å². The minimum absolute atomic E-state index is 0.294. The van der Waals surface area contributed by atoms with Gasteiger partial charge in [-0.1, -0.05) is 82.3 Å². The number of amides is 4. The summed E-state index contributed by atoms with van der Waals surface area (Å²) in [7, 11) is 2.67. The smallest absolute Gasteiger partial charge is 0.243 e. The fourth-order valence-corrected chi connectivity index (χ4v) is 4.97. The lowest BCUT2D eigenvalue weighted by molar-refractivity contribution is -0.125. The lowest BCUT2D eigenvalue weighted by atomic mass is 10.2. The molecule has 0 aromatic heterocycles. The molecule has 32 heavy (non-hydrogen) atoms. The number of nitrogens with one attached hydrogen (secondary N) is 4. The van der Waals surface area contributed by atoms with Crippen LogP contribution < -0.4 is 21.3 Å². The van der Waals surface area contributed by atoms with Gasteiger partial charge in [-0.15, -0.1) is 0 Å². The number of rotatable bonds is 15. The minimum Gasteiger partial charge on any atom is -0.350 e. The van der Waals surface area contributed by atoms with Crippen LogP contribution in [0, 0.1) is 0 Å². The van der Waals surface area contributed by atoms with Crippen LogP contribution in [0.3, 0.4) is 0 Å². The molecule has 0 spiro atoms. The van der Waals surface area contributed by atoms with Gasteiger partial charge in [-0.2, -0.15) is 0 Å². The molecule has 2 atom stereocenters. The Balaban J connectivity index is 1.75. The van der Waals surface area contributed by atoms with E-state index in [0.717, 1.165) is 11.1 Å². The third kappa shape index (κ3) is 9.44. The normalized spacial score (nSPS) is 12.1. The maximum atomic E-state index is 12.4. The van der Waals surface area contributed by atoms with Crippen LogP contribution in [0.4, 0.5) is 0 Å². The molecule has 2 unspecified atom stereocenters. The van der Waals surface area contributed by atoms with Gasteiger partial charge in [0.25, 0.3) is 0 Å². The maximum absolute atomic E-state index is 12.4. The predicted octanol–water partition coefficient (Wildman–Crippen LogP) is 1.23. The molecule has 4 N–H and O–H groups in total. The van der Waals surface area contributed by atoms with Crippen LogP contribution in [0.15, 0.2) is 60.7 Å². The van der Waals surface area contributed by atoms with Gasteiger partial charge < -0.3 is 21.3 Å². The highest BCUT2D eigenvalue weighted by Gasteiger charge is 2.20. The molecular weight excluding hydrogens is 448 g/mol. The maximum Gasteiger partial charge on any atom is 0.243 e. The summed E-state index contributed by atoms with van der Waals surface area (Å²) in [5.74, 6) is 0.0295. The van der Waals surface area contributed by atoms with Crippen molar-refractivity contribution in [1.82, 2.24) is 21.3 Å². The van der Waals surface area contributed by atoms with Crippen molar-refractivity contribution in [2.45, 2.75) is 25.2 Å². The fraction of sp³-hybridized carbons (Fsp3) is 0.273. The first-order valence-corrected chi connectivity index (χ1v) is 12.4. The van der Waals surface area contributed by atoms with Gasteiger partial charge in [-0.3, -0.25) is 19.2 Å². The lowest BCUT2D eigenvalue weighted by Gasteiger charge is -2.17. The third-order valence-electron chi connectivity index (χ3n) is 4.34. The quantitative estimate of drug-likeness (QED) is 0.175. The fourth-order valence-electron chi connectivity index (χ4n) is 2.61. The first-order valence-electron chi connectivity index (χ1n) is 9.91. The Labute approximate surface area is 195 Å². The number of hydrogen-bond acceptors (Lipinski definition) is 6. The van der Waals surface area contributed by atoms with Crippen molar-refractivity contribution in [3.8, 4) is 0 Å². The van der Waals surface area contributed by atoms with Crippen molar-refractivity contribution in [3.05, 3.63) is 71.8 Å². The summed E-state index contributed by atoms with van der Waals surface area (Å²) in [4.78, 5) is 46.6. The summed E-state index contributed by atoms with van der Waals surface area (Å²) < 4.78 is 0. The Hall–Kier alpha value is -2.98. The second kappa shape index (κ2) is 14.9. The van der Waals surface area contributed by atoms with Crippen LogP contribution in [-0.4, -0.2) is 48.2 Å². The molecule has 2 aromatic rings. The second-order valence-corrected chi connectivity index (χ2v) is 9.20. The highest BCUT2D eigenvalue weighted by atomic mass is 33.1. The first kappa shape index (κ1) is 25.3. The molecule has 0 heterocycles. The van der Waals surface area contributed by atoms with Crippen LogP contribution in [0.5, 0.6) is 0 Å². The van der Waals surface area contributed by atoms with Gasteiger partial charge in [0.15, 0.2) is 0 Å². The number of benzene rings is 2. The van der Waals surface area contributed by atoms with Gasteiger partial charge in [0, 0.05) is 24.6 Å². The minimum atomic E-state index is -0.710. The molecule has 2 aromatic carbocycles. The van der Waals surface area contributed by atoms with Crippen molar-refractivity contribution in [1.29, 1.82) is 0 Å². The average molecular weight is 475 g/mol. The van der Waals surface area contributed by atoms with Crippen LogP contribution in [0.1, 0.15) is 11.1 Å². The molecule has 170 valence electrons. The molecule has 0 saturated carbocycles. The van der Waals surface area contributed by atoms with Crippen LogP contribution >= 0.6 is 21.6 Å². The van der Waals surface area contributed by atoms with Crippen LogP contribution in [0.25, 0.3) is 0 Å². The van der Waals surface area contributed by atoms with E-state index in [1.54, 1.807) is 0 Å². The molecule has 0 radical (unpaired) electrons. The van der Waals surface area contributed by atoms with Gasteiger partial charge in [0.05, 0.1) is 0 Å². The van der Waals surface area contributed by atoms with Gasteiger partial charge in [-0.05, 0) is 11.1 Å². The molecule has 0 bridgehead atoms. The summed E-state index contributed by atoms with van der Waals surface area (Å²) in [6.07, 6.45) is 0.984. The molecule has 0 aliphatic rings. The first-order chi connectivity index (χ1) is 15.6. The number of carbonyl (C=O) groups is 4. The van der Waals surface area contributed by atoms with Crippen molar-refractivity contribution >= 4 is 46.2 Å². The van der Waals surface area contributed by atoms with E-state index in [1.165, 1.54) is 21.6 Å². The molecule has 0 saturated heterocycles. The molecule has 0 fully saturated rings. The zero-order valence-corrected chi connectivity index (χ0v) is 19.0. The van der Waals surface area contributed by atoms with E-state index in [2.05, 4.69) is 21.3 Å². The highest BCUT2D eigenvalue weighted by molar-refractivity contribution is 8.76. The molecular formula is C22H26N4O4S2. The highest BCUT2D eigenvalue weighted by Crippen LogP contribution is 2.23. The number of carbonyl (C=O) groups excluding carboxylic acids is 4. The summed E-state index contributed by atoms with van der Waals surface area (Å²) in [5, 5.41) is 10.6. The Kier molecular flexibility index (Phi) is 11.8. The zero-order chi connectivity index (χ0) is 23.0. The van der Waals surface area contributed by atoms with Gasteiger partial charge >= 0.3 is 0 Å². The summed E-state index contributed by atoms with van der Waals surface area (Å²) in [6.45, 7) is 0.725. The van der Waals surface area contributed by atoms with Crippen molar-refractivity contribution in [2.24, 2.45) is 0 Å². The van der Waals surface area contributed by atoms with Gasteiger partial charge in [-0.25, -0.2) is 0 Å². The molecule has 8 nitrogen and oxygen atoms in total. The number of hydrogen-bond donors (Lipinski definition) is 4. The van der Waals surface area contributed by atoms with E-state index in [9.17, 15) is 19.2 Å². The molecule has 2 rings (SSSR count). The predicted molar refractivity (Wildman–Crippen MR) is 127 cm³/mol. The molecule has 4 amide bonds. The summed E-state index contributed by atoms with van der Waals surface area (Å²) in [6, 6.07) is 17.5. The summed E-state index contributed by atoms with van der Waals surface area (Å²) >= 11 is 0. The monoisotopic (exact) mass is 474 g/mol. The lowest BCUT2D eigenvalue weighted by Crippen LogP contribution is -2.45. The topological polar surface area (TPSA) is 116 Å². The van der Waals surface area contributed by atoms with E-state index in [4.69, 9.17) is 0 Å². The Morgan fingerprint density at radius 1 is 0.688 bits per heavy atom. The van der Waals surface area contributed by atoms with E-state index in [1.807, 2.05) is 60.7 Å². The van der Waals surface area contributed by atoms with E-state index in [-0.39, 0.29) is 11.8 Å². The third-order valence-corrected chi connectivity index (χ3v) is 6.77. The standard InChI is InChI=1S/C22H26N4O4S2/c27-15-25-19(21(29)23-11-17-7-3-1-4-8-17)13-31-32-14-20(26-16-28)22(30)24-12-18-9-5-2-6-10-18/h1-10,15-16,19-20H,11-14H2,(H,23,29)(H,24,30)(H,25,27)(H,26,28). The second-order valence-electron chi connectivity index (χ2n) is 6.65. The van der Waals surface area contributed by atoms with Gasteiger partial charge in [0.2, 0.25) is 24.6 Å². The van der Waals surface area contributed by atoms with Gasteiger partial charge in [0.1, 0.15) is 12.1 Å². The van der Waals surface area contributed by atoms with Crippen molar-refractivity contribution in [3.63, 3.8) is 0 Å². The zero-order valence-electron chi connectivity index (χ0n) is 17.4. The van der Waals surface area contributed by atoms with Crippen molar-refractivity contribution in [2.75, 3.05) is 11.5 Å². The molecule has 0 aliphatic carbocycles.